The largest absolute Gasteiger partial charge is 0.396 e. The highest BCUT2D eigenvalue weighted by atomic mass is 16.5. The predicted octanol–water partition coefficient (Wildman–Crippen LogP) is 3.45. The van der Waals surface area contributed by atoms with Gasteiger partial charge in [0.1, 0.15) is 11.6 Å². The van der Waals surface area contributed by atoms with E-state index in [0.29, 0.717) is 45.4 Å². The number of aliphatic hydroxyl groups is 1. The van der Waals surface area contributed by atoms with E-state index in [0.717, 1.165) is 31.2 Å². The van der Waals surface area contributed by atoms with Crippen molar-refractivity contribution in [1.82, 2.24) is 14.7 Å². The third-order valence-corrected chi connectivity index (χ3v) is 10.1. The lowest BCUT2D eigenvalue weighted by atomic mass is 9.73. The Kier molecular flexibility index (Phi) is 7.81. The molecular weight excluding hydrogens is 518 g/mol. The van der Waals surface area contributed by atoms with Crippen LogP contribution in [0.2, 0.25) is 0 Å². The first-order valence-corrected chi connectivity index (χ1v) is 15.6. The van der Waals surface area contributed by atoms with Crippen molar-refractivity contribution in [3.63, 3.8) is 0 Å². The summed E-state index contributed by atoms with van der Waals surface area (Å²) < 4.78 is 7.08. The number of fused-ring (bicyclic) bond motifs is 2. The van der Waals surface area contributed by atoms with Crippen LogP contribution in [-0.2, 0) is 25.7 Å². The maximum Gasteiger partial charge on any atom is 0.249 e. The molecule has 1 N–H and O–H groups in total. The standard InChI is InChI=1S/C33H43N3O5/c1-2-32-17-11-19-34(23-24-13-5-3-6-14-24)29(38)26(32)27-30(39)36(20-9-10-22-37)28-31(40)35(25-15-7-4-8-16-25)21-12-18-33(27,28)41-32/h3,5-6,11-14,17-18,25-28,37H,2,4,7-10,15-16,19-23H2,1H3/t26-,27-,28?,32+,33-/m0/s1. The Bertz CT molecular complexity index is 1210. The molecule has 0 bridgehead atoms. The number of carbonyl (C=O) groups is 3. The van der Waals surface area contributed by atoms with Crippen molar-refractivity contribution in [2.24, 2.45) is 11.8 Å². The molecule has 2 saturated heterocycles. The van der Waals surface area contributed by atoms with Gasteiger partial charge in [-0.05, 0) is 37.7 Å². The molecule has 1 spiro atoms. The molecule has 0 aromatic heterocycles. The molecule has 3 amide bonds. The van der Waals surface area contributed by atoms with Crippen molar-refractivity contribution in [2.75, 3.05) is 26.2 Å². The van der Waals surface area contributed by atoms with Gasteiger partial charge in [0.25, 0.3) is 0 Å². The third-order valence-electron chi connectivity index (χ3n) is 10.1. The number of nitrogens with zero attached hydrogens (tertiary/aromatic N) is 3. The van der Waals surface area contributed by atoms with E-state index < -0.39 is 29.1 Å². The van der Waals surface area contributed by atoms with Gasteiger partial charge in [-0.25, -0.2) is 0 Å². The predicted molar refractivity (Wildman–Crippen MR) is 154 cm³/mol. The second kappa shape index (κ2) is 11.4. The van der Waals surface area contributed by atoms with E-state index in [9.17, 15) is 19.5 Å². The quantitative estimate of drug-likeness (QED) is 0.388. The van der Waals surface area contributed by atoms with E-state index in [1.807, 2.05) is 71.4 Å². The van der Waals surface area contributed by atoms with Gasteiger partial charge < -0.3 is 24.5 Å². The molecule has 220 valence electrons. The zero-order valence-electron chi connectivity index (χ0n) is 24.1. The lowest BCUT2D eigenvalue weighted by molar-refractivity contribution is -0.155. The fourth-order valence-corrected chi connectivity index (χ4v) is 8.13. The van der Waals surface area contributed by atoms with Crippen LogP contribution in [0.3, 0.4) is 0 Å². The van der Waals surface area contributed by atoms with Gasteiger partial charge in [-0.2, -0.15) is 0 Å². The Morgan fingerprint density at radius 1 is 0.902 bits per heavy atom. The SMILES string of the molecule is CC[C@@]12C=CCN(Cc3ccccc3)C(=O)[C@@H]1[C@H]1C(=O)N(CCCCO)C3C(=O)N(C4CCCCC4)CC=C[C@@]31O2. The third kappa shape index (κ3) is 4.63. The van der Waals surface area contributed by atoms with E-state index in [2.05, 4.69) is 0 Å². The van der Waals surface area contributed by atoms with Crippen molar-refractivity contribution >= 4 is 17.7 Å². The monoisotopic (exact) mass is 561 g/mol. The Morgan fingerprint density at radius 2 is 1.66 bits per heavy atom. The van der Waals surface area contributed by atoms with Crippen molar-refractivity contribution in [3.05, 3.63) is 60.2 Å². The summed E-state index contributed by atoms with van der Waals surface area (Å²) in [7, 11) is 0. The zero-order chi connectivity index (χ0) is 28.6. The van der Waals surface area contributed by atoms with Crippen molar-refractivity contribution in [1.29, 1.82) is 0 Å². The van der Waals surface area contributed by atoms with Crippen LogP contribution >= 0.6 is 0 Å². The molecule has 4 aliphatic heterocycles. The number of unbranched alkanes of at least 4 members (excludes halogenated alkanes) is 1. The molecule has 5 aliphatic rings. The molecule has 1 saturated carbocycles. The second-order valence-corrected chi connectivity index (χ2v) is 12.4. The summed E-state index contributed by atoms with van der Waals surface area (Å²) in [5.41, 5.74) is -1.16. The molecule has 8 heteroatoms. The lowest BCUT2D eigenvalue weighted by Gasteiger charge is -2.40. The molecule has 5 atom stereocenters. The van der Waals surface area contributed by atoms with E-state index in [1.165, 1.54) is 6.42 Å². The number of benzene rings is 1. The summed E-state index contributed by atoms with van der Waals surface area (Å²) in [5, 5.41) is 9.47. The molecule has 41 heavy (non-hydrogen) atoms. The van der Waals surface area contributed by atoms with E-state index in [4.69, 9.17) is 4.74 Å². The van der Waals surface area contributed by atoms with E-state index in [-0.39, 0.29) is 30.4 Å². The Labute approximate surface area is 243 Å². The summed E-state index contributed by atoms with van der Waals surface area (Å²) in [5.74, 6) is -1.86. The average Bonchev–Trinajstić information content (AvgIpc) is 3.28. The highest BCUT2D eigenvalue weighted by Gasteiger charge is 2.75. The van der Waals surface area contributed by atoms with Gasteiger partial charge in [-0.3, -0.25) is 14.4 Å². The van der Waals surface area contributed by atoms with Gasteiger partial charge in [0.15, 0.2) is 0 Å². The minimum Gasteiger partial charge on any atom is -0.396 e. The van der Waals surface area contributed by atoms with Crippen LogP contribution in [0.5, 0.6) is 0 Å². The van der Waals surface area contributed by atoms with Crippen molar-refractivity contribution < 1.29 is 24.2 Å². The molecule has 1 aromatic rings. The molecular formula is C33H43N3O5. The number of likely N-dealkylation sites (tertiary alicyclic amines) is 1. The average molecular weight is 562 g/mol. The minimum atomic E-state index is -1.22. The number of hydrogen-bond acceptors (Lipinski definition) is 5. The van der Waals surface area contributed by atoms with Crippen molar-refractivity contribution in [2.45, 2.75) is 88.1 Å². The number of hydrogen-bond donors (Lipinski definition) is 1. The summed E-state index contributed by atoms with van der Waals surface area (Å²) in [6, 6.07) is 9.23. The van der Waals surface area contributed by atoms with E-state index in [1.54, 1.807) is 4.90 Å². The summed E-state index contributed by atoms with van der Waals surface area (Å²) in [4.78, 5) is 49.0. The molecule has 8 nitrogen and oxygen atoms in total. The minimum absolute atomic E-state index is 0.0269. The fraction of sp³-hybridized carbons (Fsp3) is 0.606. The fourth-order valence-electron chi connectivity index (χ4n) is 8.13. The maximum absolute atomic E-state index is 14.6. The van der Waals surface area contributed by atoms with Gasteiger partial charge >= 0.3 is 0 Å². The van der Waals surface area contributed by atoms with Crippen LogP contribution in [0.25, 0.3) is 0 Å². The topological polar surface area (TPSA) is 90.4 Å². The molecule has 1 aliphatic carbocycles. The van der Waals surface area contributed by atoms with Crippen LogP contribution in [0.4, 0.5) is 0 Å². The van der Waals surface area contributed by atoms with Crippen LogP contribution in [-0.4, -0.2) is 87.1 Å². The molecule has 4 heterocycles. The number of rotatable bonds is 8. The number of carbonyl (C=O) groups excluding carboxylic acids is 3. The first-order valence-electron chi connectivity index (χ1n) is 15.6. The number of ether oxygens (including phenoxy) is 1. The van der Waals surface area contributed by atoms with Gasteiger partial charge in [0.05, 0.1) is 17.4 Å². The van der Waals surface area contributed by atoms with Gasteiger partial charge in [0.2, 0.25) is 17.7 Å². The number of amides is 3. The molecule has 1 unspecified atom stereocenters. The smallest absolute Gasteiger partial charge is 0.249 e. The summed E-state index contributed by atoms with van der Waals surface area (Å²) in [6.45, 7) is 3.76. The summed E-state index contributed by atoms with van der Waals surface area (Å²) >= 11 is 0. The number of aliphatic hydroxyl groups excluding tert-OH is 1. The Hall–Kier alpha value is -2.97. The molecule has 3 fully saturated rings. The highest BCUT2D eigenvalue weighted by molar-refractivity contribution is 6.00. The first kappa shape index (κ1) is 28.2. The van der Waals surface area contributed by atoms with E-state index >= 15 is 0 Å². The lowest BCUT2D eigenvalue weighted by Crippen LogP contribution is -2.57. The summed E-state index contributed by atoms with van der Waals surface area (Å²) in [6.07, 6.45) is 14.9. The Balaban J connectivity index is 1.41. The van der Waals surface area contributed by atoms with Crippen LogP contribution in [0, 0.1) is 11.8 Å². The van der Waals surface area contributed by atoms with Crippen LogP contribution in [0.15, 0.2) is 54.6 Å². The second-order valence-electron chi connectivity index (χ2n) is 12.4. The normalized spacial score (nSPS) is 33.6. The van der Waals surface area contributed by atoms with Crippen LogP contribution in [0.1, 0.15) is 63.9 Å². The van der Waals surface area contributed by atoms with Gasteiger partial charge in [-0.15, -0.1) is 0 Å². The zero-order valence-corrected chi connectivity index (χ0v) is 24.1. The van der Waals surface area contributed by atoms with Gasteiger partial charge in [0, 0.05) is 38.8 Å². The molecule has 0 radical (unpaired) electrons. The molecule has 6 rings (SSSR count). The van der Waals surface area contributed by atoms with Crippen molar-refractivity contribution in [3.8, 4) is 0 Å². The van der Waals surface area contributed by atoms with Crippen LogP contribution < -0.4 is 0 Å². The highest BCUT2D eigenvalue weighted by Crippen LogP contribution is 2.58. The Morgan fingerprint density at radius 3 is 2.39 bits per heavy atom. The first-order chi connectivity index (χ1) is 20.0. The molecule has 1 aromatic carbocycles. The van der Waals surface area contributed by atoms with Gasteiger partial charge in [-0.1, -0.05) is 80.8 Å². The maximum atomic E-state index is 14.6.